The number of carbonyl (C=O) groups excluding carboxylic acids is 2. The first-order chi connectivity index (χ1) is 9.43. The number of rotatable bonds is 6. The predicted molar refractivity (Wildman–Crippen MR) is 69.5 cm³/mol. The second-order valence-corrected chi connectivity index (χ2v) is 3.90. The Morgan fingerprint density at radius 1 is 1.10 bits per heavy atom. The smallest absolute Gasteiger partial charge is 0.478 e. The van der Waals surface area contributed by atoms with Gasteiger partial charge in [-0.3, -0.25) is 0 Å². The number of carbonyl (C=O) groups is 3. The molecule has 0 saturated carbocycles. The average Bonchev–Trinajstić information content (AvgIpc) is 2.42. The van der Waals surface area contributed by atoms with Crippen molar-refractivity contribution in [1.29, 1.82) is 0 Å². The van der Waals surface area contributed by atoms with Gasteiger partial charge in [0.05, 0.1) is 11.1 Å². The molecule has 0 bridgehead atoms. The van der Waals surface area contributed by atoms with Crippen molar-refractivity contribution in [2.45, 2.75) is 6.92 Å². The second kappa shape index (κ2) is 9.33. The van der Waals surface area contributed by atoms with Gasteiger partial charge in [0.1, 0.15) is 13.2 Å². The minimum Gasteiger partial charge on any atom is -0.478 e. The van der Waals surface area contributed by atoms with Crippen molar-refractivity contribution in [1.82, 2.24) is 0 Å². The molecule has 0 atom stereocenters. The fraction of sp³-hybridized carbons (Fsp3) is 0.214. The van der Waals surface area contributed by atoms with E-state index in [1.165, 1.54) is 31.2 Å². The topological polar surface area (TPSA) is 89.9 Å². The average molecular weight is 301 g/mol. The van der Waals surface area contributed by atoms with E-state index in [9.17, 15) is 14.4 Å². The molecule has 1 aromatic carbocycles. The molecule has 0 radical (unpaired) electrons. The van der Waals surface area contributed by atoms with E-state index in [1.54, 1.807) is 0 Å². The summed E-state index contributed by atoms with van der Waals surface area (Å²) in [5.74, 6) is -2.58. The molecule has 0 spiro atoms. The summed E-state index contributed by atoms with van der Waals surface area (Å²) in [5.41, 5.74) is 0.0511. The first-order valence-corrected chi connectivity index (χ1v) is 5.75. The Balaban J connectivity index is 0.00000400. The third kappa shape index (κ3) is 6.12. The summed E-state index contributed by atoms with van der Waals surface area (Å²) < 4.78 is 9.58. The van der Waals surface area contributed by atoms with Gasteiger partial charge >= 0.3 is 47.5 Å². The van der Waals surface area contributed by atoms with Crippen LogP contribution in [0.15, 0.2) is 36.4 Å². The number of carboxylic acids is 1. The largest absolute Gasteiger partial charge is 1.00 e. The van der Waals surface area contributed by atoms with Gasteiger partial charge in [-0.2, -0.15) is 0 Å². The van der Waals surface area contributed by atoms with Gasteiger partial charge in [0.15, 0.2) is 0 Å². The molecule has 1 aromatic rings. The number of ether oxygens (including phenoxy) is 2. The number of aromatic carboxylic acids is 1. The van der Waals surface area contributed by atoms with E-state index in [0.717, 1.165) is 0 Å². The maximum Gasteiger partial charge on any atom is 1.00 e. The summed E-state index contributed by atoms with van der Waals surface area (Å²) in [7, 11) is 0. The van der Waals surface area contributed by atoms with Crippen LogP contribution in [0.3, 0.4) is 0 Å². The summed E-state index contributed by atoms with van der Waals surface area (Å²) in [6.07, 6.45) is 0. The van der Waals surface area contributed by atoms with Crippen molar-refractivity contribution in [3.63, 3.8) is 0 Å². The van der Waals surface area contributed by atoms with Crippen LogP contribution in [0.25, 0.3) is 0 Å². The summed E-state index contributed by atoms with van der Waals surface area (Å²) in [4.78, 5) is 33.7. The zero-order valence-electron chi connectivity index (χ0n) is 11.9. The van der Waals surface area contributed by atoms with Crippen LogP contribution in [-0.2, 0) is 14.3 Å². The van der Waals surface area contributed by atoms with Gasteiger partial charge in [-0.15, -0.1) is 0 Å². The third-order valence-corrected chi connectivity index (χ3v) is 2.28. The van der Waals surface area contributed by atoms with Crippen LogP contribution in [0.5, 0.6) is 0 Å². The van der Waals surface area contributed by atoms with Gasteiger partial charge in [0, 0.05) is 5.57 Å². The summed E-state index contributed by atoms with van der Waals surface area (Å²) in [6.45, 7) is 4.62. The van der Waals surface area contributed by atoms with Crippen LogP contribution in [-0.4, -0.2) is 36.2 Å². The maximum atomic E-state index is 11.7. The van der Waals surface area contributed by atoms with Crippen molar-refractivity contribution in [3.05, 3.63) is 47.5 Å². The molecule has 0 unspecified atom stereocenters. The third-order valence-electron chi connectivity index (χ3n) is 2.28. The molecule has 0 fully saturated rings. The summed E-state index contributed by atoms with van der Waals surface area (Å²) in [6, 6.07) is 5.70. The molecule has 0 saturated heterocycles. The van der Waals surface area contributed by atoms with Gasteiger partial charge in [-0.25, -0.2) is 14.4 Å². The molecular formula is C14H14NaO6+. The van der Waals surface area contributed by atoms with Gasteiger partial charge in [-0.1, -0.05) is 18.7 Å². The van der Waals surface area contributed by atoms with E-state index in [0.29, 0.717) is 0 Å². The monoisotopic (exact) mass is 301 g/mol. The minimum absolute atomic E-state index is 0. The quantitative estimate of drug-likeness (QED) is 0.303. The number of esters is 2. The summed E-state index contributed by atoms with van der Waals surface area (Å²) in [5, 5.41) is 8.93. The Morgan fingerprint density at radius 3 is 2.14 bits per heavy atom. The number of hydrogen-bond acceptors (Lipinski definition) is 5. The molecular weight excluding hydrogens is 287 g/mol. The fourth-order valence-electron chi connectivity index (χ4n) is 1.32. The van der Waals surface area contributed by atoms with Crippen LogP contribution in [0, 0.1) is 0 Å². The zero-order valence-corrected chi connectivity index (χ0v) is 13.9. The molecule has 0 aromatic heterocycles. The van der Waals surface area contributed by atoms with E-state index in [-0.39, 0.29) is 59.5 Å². The second-order valence-electron chi connectivity index (χ2n) is 3.90. The minimum atomic E-state index is -1.22. The van der Waals surface area contributed by atoms with Crippen LogP contribution in [0.1, 0.15) is 27.6 Å². The van der Waals surface area contributed by atoms with Crippen LogP contribution < -0.4 is 29.6 Å². The van der Waals surface area contributed by atoms with Crippen LogP contribution in [0.2, 0.25) is 0 Å². The van der Waals surface area contributed by atoms with E-state index >= 15 is 0 Å². The van der Waals surface area contributed by atoms with Gasteiger partial charge in [0.2, 0.25) is 0 Å². The number of benzene rings is 1. The number of carboxylic acid groups (broad SMARTS) is 1. The molecule has 0 aliphatic carbocycles. The molecule has 0 aliphatic rings. The zero-order chi connectivity index (χ0) is 15.1. The van der Waals surface area contributed by atoms with Crippen molar-refractivity contribution >= 4 is 17.9 Å². The Hall–Kier alpha value is -1.63. The standard InChI is InChI=1S/C14H14O6.Na/c1-9(2)13(17)19-7-8-20-14(18)11-6-4-3-5-10(11)12(15)16;/h3-6H,1,7-8H2,2H3,(H,15,16);/q;+1. The normalized spacial score (nSPS) is 9.19. The first kappa shape index (κ1) is 19.4. The molecule has 0 aliphatic heterocycles. The van der Waals surface area contributed by atoms with E-state index in [4.69, 9.17) is 14.6 Å². The maximum absolute atomic E-state index is 11.7. The first-order valence-electron chi connectivity index (χ1n) is 5.75. The molecule has 0 amide bonds. The van der Waals surface area contributed by atoms with Crippen molar-refractivity contribution in [2.75, 3.05) is 13.2 Å². The Kier molecular flexibility index (Phi) is 8.61. The van der Waals surface area contributed by atoms with E-state index < -0.39 is 17.9 Å². The van der Waals surface area contributed by atoms with Crippen molar-refractivity contribution < 1.29 is 58.5 Å². The van der Waals surface area contributed by atoms with Crippen molar-refractivity contribution in [2.24, 2.45) is 0 Å². The van der Waals surface area contributed by atoms with Gasteiger partial charge < -0.3 is 14.6 Å². The SMILES string of the molecule is C=C(C)C(=O)OCCOC(=O)c1ccccc1C(=O)O.[Na+]. The fourth-order valence-corrected chi connectivity index (χ4v) is 1.32. The molecule has 106 valence electrons. The molecule has 7 heteroatoms. The van der Waals surface area contributed by atoms with Gasteiger partial charge in [-0.05, 0) is 19.1 Å². The van der Waals surface area contributed by atoms with E-state index in [1.807, 2.05) is 0 Å². The molecule has 1 N–H and O–H groups in total. The Labute approximate surface area is 144 Å². The number of hydrogen-bond donors (Lipinski definition) is 1. The van der Waals surface area contributed by atoms with Gasteiger partial charge in [0.25, 0.3) is 0 Å². The molecule has 6 nitrogen and oxygen atoms in total. The predicted octanol–water partition coefficient (Wildman–Crippen LogP) is -1.34. The Morgan fingerprint density at radius 2 is 1.62 bits per heavy atom. The summed E-state index contributed by atoms with van der Waals surface area (Å²) >= 11 is 0. The van der Waals surface area contributed by atoms with E-state index in [2.05, 4.69) is 6.58 Å². The Bertz CT molecular complexity index is 552. The van der Waals surface area contributed by atoms with Crippen LogP contribution >= 0.6 is 0 Å². The molecule has 1 rings (SSSR count). The molecule has 0 heterocycles. The molecule has 21 heavy (non-hydrogen) atoms. The van der Waals surface area contributed by atoms with Crippen LogP contribution in [0.4, 0.5) is 0 Å². The van der Waals surface area contributed by atoms with Crippen molar-refractivity contribution in [3.8, 4) is 0 Å².